The van der Waals surface area contributed by atoms with Crippen molar-refractivity contribution in [2.45, 2.75) is 6.92 Å². The van der Waals surface area contributed by atoms with Gasteiger partial charge in [-0.25, -0.2) is 4.98 Å². The Morgan fingerprint density at radius 2 is 1.88 bits per heavy atom. The third kappa shape index (κ3) is 3.87. The van der Waals surface area contributed by atoms with Crippen LogP contribution in [0.4, 0.5) is 5.13 Å². The first-order valence-corrected chi connectivity index (χ1v) is 8.67. The topological polar surface area (TPSA) is 57.5 Å². The fourth-order valence-corrected chi connectivity index (χ4v) is 2.97. The highest BCUT2D eigenvalue weighted by Crippen LogP contribution is 2.30. The first-order valence-electron chi connectivity index (χ1n) is 7.03. The van der Waals surface area contributed by atoms with Crippen LogP contribution in [0.3, 0.4) is 0 Å². The van der Waals surface area contributed by atoms with Gasteiger partial charge >= 0.3 is 0 Å². The summed E-state index contributed by atoms with van der Waals surface area (Å²) in [6, 6.07) is 12.3. The van der Waals surface area contributed by atoms with Crippen LogP contribution in [0.15, 0.2) is 52.9 Å². The zero-order chi connectivity index (χ0) is 17.1. The van der Waals surface area contributed by atoms with Crippen LogP contribution in [0.25, 0.3) is 11.3 Å². The lowest BCUT2D eigenvalue weighted by Gasteiger charge is -2.02. The summed E-state index contributed by atoms with van der Waals surface area (Å²) < 4.78 is 0. The molecule has 1 aromatic heterocycles. The van der Waals surface area contributed by atoms with Gasteiger partial charge in [-0.2, -0.15) is 5.10 Å². The van der Waals surface area contributed by atoms with Gasteiger partial charge in [0, 0.05) is 10.9 Å². The van der Waals surface area contributed by atoms with E-state index in [0.29, 0.717) is 15.2 Å². The fraction of sp³-hybridized carbons (Fsp3) is 0.0588. The second-order valence-electron chi connectivity index (χ2n) is 5.02. The van der Waals surface area contributed by atoms with Crippen molar-refractivity contribution < 1.29 is 5.11 Å². The van der Waals surface area contributed by atoms with Crippen molar-refractivity contribution in [1.29, 1.82) is 0 Å². The Balaban J connectivity index is 1.75. The molecule has 3 aromatic rings. The number of hydrazone groups is 1. The number of nitrogens with one attached hydrogen (secondary N) is 1. The first-order chi connectivity index (χ1) is 11.5. The average Bonchev–Trinajstić information content (AvgIpc) is 3.05. The second kappa shape index (κ2) is 7.21. The van der Waals surface area contributed by atoms with Crippen molar-refractivity contribution in [2.24, 2.45) is 5.10 Å². The van der Waals surface area contributed by atoms with Crippen LogP contribution in [-0.2, 0) is 0 Å². The number of rotatable bonds is 4. The highest BCUT2D eigenvalue weighted by molar-refractivity contribution is 7.14. The lowest BCUT2D eigenvalue weighted by atomic mass is 10.1. The molecule has 0 fully saturated rings. The normalized spacial score (nSPS) is 11.5. The molecule has 0 radical (unpaired) electrons. The van der Waals surface area contributed by atoms with Crippen LogP contribution in [0, 0.1) is 0 Å². The fourth-order valence-electron chi connectivity index (χ4n) is 2.01. The van der Waals surface area contributed by atoms with Crippen LogP contribution < -0.4 is 5.43 Å². The summed E-state index contributed by atoms with van der Waals surface area (Å²) in [4.78, 5) is 4.49. The number of hydrogen-bond acceptors (Lipinski definition) is 5. The molecule has 0 saturated heterocycles. The summed E-state index contributed by atoms with van der Waals surface area (Å²) in [6.45, 7) is 1.88. The van der Waals surface area contributed by atoms with Gasteiger partial charge in [-0.1, -0.05) is 29.3 Å². The molecule has 7 heteroatoms. The number of phenols is 1. The van der Waals surface area contributed by atoms with Gasteiger partial charge in [0.2, 0.25) is 5.13 Å². The molecule has 122 valence electrons. The molecule has 0 aliphatic rings. The number of aromatic hydroxyl groups is 1. The molecule has 0 atom stereocenters. The van der Waals surface area contributed by atoms with Crippen molar-refractivity contribution in [1.82, 2.24) is 4.98 Å². The summed E-state index contributed by atoms with van der Waals surface area (Å²) in [7, 11) is 0. The summed E-state index contributed by atoms with van der Waals surface area (Å²) in [5.41, 5.74) is 6.36. The molecule has 4 nitrogen and oxygen atoms in total. The van der Waals surface area contributed by atoms with Gasteiger partial charge in [-0.05, 0) is 48.9 Å². The third-order valence-electron chi connectivity index (χ3n) is 3.32. The van der Waals surface area contributed by atoms with Gasteiger partial charge in [0.05, 0.1) is 21.5 Å². The zero-order valence-corrected chi connectivity index (χ0v) is 15.0. The molecule has 0 unspecified atom stereocenters. The molecule has 0 saturated carbocycles. The summed E-state index contributed by atoms with van der Waals surface area (Å²) in [6.07, 6.45) is 0. The minimum Gasteiger partial charge on any atom is -0.508 e. The SMILES string of the molecule is C/C(=N/Nc1nc(-c2ccc(Cl)c(Cl)c2)cs1)c1ccc(O)cc1. The predicted molar refractivity (Wildman–Crippen MR) is 102 cm³/mol. The summed E-state index contributed by atoms with van der Waals surface area (Å²) >= 11 is 13.4. The molecule has 0 bridgehead atoms. The molecule has 24 heavy (non-hydrogen) atoms. The first kappa shape index (κ1) is 16.8. The largest absolute Gasteiger partial charge is 0.508 e. The Bertz CT molecular complexity index is 891. The molecule has 1 heterocycles. The van der Waals surface area contributed by atoms with E-state index in [1.165, 1.54) is 11.3 Å². The quantitative estimate of drug-likeness (QED) is 0.455. The minimum absolute atomic E-state index is 0.227. The van der Waals surface area contributed by atoms with E-state index < -0.39 is 0 Å². The number of hydrogen-bond donors (Lipinski definition) is 2. The minimum atomic E-state index is 0.227. The number of phenolic OH excluding ortho intramolecular Hbond substituents is 1. The lowest BCUT2D eigenvalue weighted by molar-refractivity contribution is 0.475. The molecule has 0 aliphatic carbocycles. The maximum Gasteiger partial charge on any atom is 0.203 e. The highest BCUT2D eigenvalue weighted by atomic mass is 35.5. The Kier molecular flexibility index (Phi) is 5.04. The van der Waals surface area contributed by atoms with E-state index in [1.54, 1.807) is 36.4 Å². The van der Waals surface area contributed by atoms with Gasteiger partial charge in [-0.3, -0.25) is 5.43 Å². The van der Waals surface area contributed by atoms with Gasteiger partial charge < -0.3 is 5.11 Å². The average molecular weight is 378 g/mol. The second-order valence-corrected chi connectivity index (χ2v) is 6.70. The summed E-state index contributed by atoms with van der Waals surface area (Å²) in [5.74, 6) is 0.227. The van der Waals surface area contributed by atoms with Gasteiger partial charge in [0.1, 0.15) is 5.75 Å². The molecule has 2 aromatic carbocycles. The van der Waals surface area contributed by atoms with Crippen molar-refractivity contribution >= 4 is 45.4 Å². The maximum absolute atomic E-state index is 9.31. The maximum atomic E-state index is 9.31. The standard InChI is InChI=1S/C17H13Cl2N3OS/c1-10(11-2-5-13(23)6-3-11)21-22-17-20-16(9-24-17)12-4-7-14(18)15(19)8-12/h2-9,23H,1H3,(H,20,22)/b21-10-. The Morgan fingerprint density at radius 1 is 1.12 bits per heavy atom. The van der Waals surface area contributed by atoms with E-state index in [1.807, 2.05) is 18.4 Å². The monoisotopic (exact) mass is 377 g/mol. The van der Waals surface area contributed by atoms with Gasteiger partial charge in [-0.15, -0.1) is 11.3 Å². The molecule has 0 aliphatic heterocycles. The number of aromatic nitrogens is 1. The highest BCUT2D eigenvalue weighted by Gasteiger charge is 2.07. The Hall–Kier alpha value is -2.08. The lowest BCUT2D eigenvalue weighted by Crippen LogP contribution is -1.99. The van der Waals surface area contributed by atoms with Crippen molar-refractivity contribution in [3.05, 3.63) is 63.5 Å². The van der Waals surface area contributed by atoms with Crippen LogP contribution in [0.5, 0.6) is 5.75 Å². The van der Waals surface area contributed by atoms with Crippen molar-refractivity contribution in [3.63, 3.8) is 0 Å². The van der Waals surface area contributed by atoms with Crippen LogP contribution in [0.2, 0.25) is 10.0 Å². The third-order valence-corrected chi connectivity index (χ3v) is 4.81. The van der Waals surface area contributed by atoms with Crippen LogP contribution in [0.1, 0.15) is 12.5 Å². The number of thiazole rings is 1. The van der Waals surface area contributed by atoms with Crippen LogP contribution >= 0.6 is 34.5 Å². The van der Waals surface area contributed by atoms with E-state index in [9.17, 15) is 5.11 Å². The van der Waals surface area contributed by atoms with Gasteiger partial charge in [0.25, 0.3) is 0 Å². The molecule has 2 N–H and O–H groups in total. The summed E-state index contributed by atoms with van der Waals surface area (Å²) in [5, 5.41) is 17.2. The van der Waals surface area contributed by atoms with E-state index in [0.717, 1.165) is 22.5 Å². The molecular weight excluding hydrogens is 365 g/mol. The molecule has 3 rings (SSSR count). The predicted octanol–water partition coefficient (Wildman–Crippen LogP) is 5.66. The van der Waals surface area contributed by atoms with E-state index in [4.69, 9.17) is 23.2 Å². The van der Waals surface area contributed by atoms with E-state index in [2.05, 4.69) is 15.5 Å². The smallest absolute Gasteiger partial charge is 0.203 e. The number of benzene rings is 2. The molecule has 0 spiro atoms. The number of anilines is 1. The van der Waals surface area contributed by atoms with E-state index in [-0.39, 0.29) is 5.75 Å². The number of halogens is 2. The number of nitrogens with zero attached hydrogens (tertiary/aromatic N) is 2. The Morgan fingerprint density at radius 3 is 2.58 bits per heavy atom. The van der Waals surface area contributed by atoms with Crippen molar-refractivity contribution in [3.8, 4) is 17.0 Å². The zero-order valence-electron chi connectivity index (χ0n) is 12.6. The van der Waals surface area contributed by atoms with Crippen molar-refractivity contribution in [2.75, 3.05) is 5.43 Å². The van der Waals surface area contributed by atoms with Gasteiger partial charge in [0.15, 0.2) is 0 Å². The molecule has 0 amide bonds. The molecular formula is C17H13Cl2N3OS. The van der Waals surface area contributed by atoms with E-state index >= 15 is 0 Å². The Labute approximate surface area is 153 Å². The van der Waals surface area contributed by atoms with Crippen LogP contribution in [-0.4, -0.2) is 15.8 Å².